The molecule has 1 amide bonds. The summed E-state index contributed by atoms with van der Waals surface area (Å²) >= 11 is 1.24. The molecule has 1 aliphatic heterocycles. The monoisotopic (exact) mass is 450 g/mol. The van der Waals surface area contributed by atoms with Crippen molar-refractivity contribution in [1.82, 2.24) is 4.98 Å². The summed E-state index contributed by atoms with van der Waals surface area (Å²) in [5, 5.41) is 13.2. The second-order valence-electron chi connectivity index (χ2n) is 6.92. The number of hydrogen-bond acceptors (Lipinski definition) is 7. The molecule has 1 unspecified atom stereocenters. The van der Waals surface area contributed by atoms with Crippen LogP contribution in [0.4, 0.5) is 5.13 Å². The Morgan fingerprint density at radius 1 is 1.06 bits per heavy atom. The lowest BCUT2D eigenvalue weighted by Crippen LogP contribution is -2.29. The maximum absolute atomic E-state index is 13.1. The number of anilines is 1. The van der Waals surface area contributed by atoms with Gasteiger partial charge in [0.2, 0.25) is 0 Å². The molecule has 8 heteroatoms. The molecule has 3 aromatic rings. The first kappa shape index (κ1) is 21.6. The highest BCUT2D eigenvalue weighted by Gasteiger charge is 2.48. The number of Topliss-reactive ketones (excluding diaryl/α,β-unsaturated/α-hetero) is 1. The molecule has 0 radical (unpaired) electrons. The lowest BCUT2D eigenvalue weighted by atomic mass is 9.95. The van der Waals surface area contributed by atoms with Crippen molar-refractivity contribution in [2.75, 3.05) is 18.1 Å². The fraction of sp³-hybridized carbons (Fsp3) is 0.208. The van der Waals surface area contributed by atoms with Crippen LogP contribution >= 0.6 is 11.3 Å². The predicted molar refractivity (Wildman–Crippen MR) is 122 cm³/mol. The number of benzene rings is 2. The molecule has 164 valence electrons. The standard InChI is InChI=1S/C24H22N2O5S/c1-3-30-17-11-10-16(14-18(17)31-4-2)20-19(21(27)15-8-6-5-7-9-15)22(28)23(29)26(20)24-25-12-13-32-24/h5-14,20,27H,3-4H2,1-2H3. The first-order valence-corrected chi connectivity index (χ1v) is 11.1. The molecule has 4 rings (SSSR count). The van der Waals surface area contributed by atoms with Gasteiger partial charge in [0.1, 0.15) is 5.76 Å². The summed E-state index contributed by atoms with van der Waals surface area (Å²) < 4.78 is 11.4. The molecular weight excluding hydrogens is 428 g/mol. The molecule has 1 aromatic heterocycles. The Kier molecular flexibility index (Phi) is 6.23. The van der Waals surface area contributed by atoms with Gasteiger partial charge in [-0.15, -0.1) is 11.3 Å². The number of carbonyl (C=O) groups excluding carboxylic acids is 2. The smallest absolute Gasteiger partial charge is 0.301 e. The number of ketones is 1. The van der Waals surface area contributed by atoms with Crippen LogP contribution in [0.1, 0.15) is 31.0 Å². The number of carbonyl (C=O) groups is 2. The maximum Gasteiger partial charge on any atom is 0.301 e. The van der Waals surface area contributed by atoms with Crippen LogP contribution in [0.15, 0.2) is 65.7 Å². The van der Waals surface area contributed by atoms with Crippen molar-refractivity contribution < 1.29 is 24.2 Å². The summed E-state index contributed by atoms with van der Waals surface area (Å²) in [6.07, 6.45) is 1.57. The molecule has 1 fully saturated rings. The number of aliphatic hydroxyl groups excluding tert-OH is 1. The Morgan fingerprint density at radius 2 is 1.78 bits per heavy atom. The van der Waals surface area contributed by atoms with Crippen LogP contribution in [0.5, 0.6) is 11.5 Å². The van der Waals surface area contributed by atoms with Gasteiger partial charge in [0.15, 0.2) is 16.6 Å². The molecule has 0 spiro atoms. The Labute approximate surface area is 189 Å². The van der Waals surface area contributed by atoms with Crippen molar-refractivity contribution in [3.05, 3.63) is 76.8 Å². The Bertz CT molecular complexity index is 1160. The van der Waals surface area contributed by atoms with E-state index in [0.717, 1.165) is 0 Å². The van der Waals surface area contributed by atoms with E-state index >= 15 is 0 Å². The molecule has 0 bridgehead atoms. The van der Waals surface area contributed by atoms with Crippen molar-refractivity contribution in [1.29, 1.82) is 0 Å². The molecule has 2 heterocycles. The van der Waals surface area contributed by atoms with Gasteiger partial charge in [0.25, 0.3) is 5.78 Å². The molecule has 7 nitrogen and oxygen atoms in total. The van der Waals surface area contributed by atoms with E-state index in [1.807, 2.05) is 19.9 Å². The van der Waals surface area contributed by atoms with Gasteiger partial charge in [-0.05, 0) is 31.5 Å². The van der Waals surface area contributed by atoms with Crippen molar-refractivity contribution >= 4 is 33.9 Å². The molecule has 0 aliphatic carbocycles. The first-order chi connectivity index (χ1) is 15.6. The van der Waals surface area contributed by atoms with Crippen LogP contribution in [-0.4, -0.2) is 35.0 Å². The van der Waals surface area contributed by atoms with Crippen LogP contribution in [0, 0.1) is 0 Å². The van der Waals surface area contributed by atoms with Crippen LogP contribution in [0.25, 0.3) is 5.76 Å². The minimum Gasteiger partial charge on any atom is -0.507 e. The second kappa shape index (κ2) is 9.23. The minimum atomic E-state index is -0.865. The highest BCUT2D eigenvalue weighted by Crippen LogP contribution is 2.44. The normalized spacial score (nSPS) is 17.6. The molecule has 1 atom stereocenters. The van der Waals surface area contributed by atoms with E-state index in [1.54, 1.807) is 54.0 Å². The third-order valence-electron chi connectivity index (χ3n) is 5.00. The number of aromatic nitrogens is 1. The summed E-state index contributed by atoms with van der Waals surface area (Å²) in [4.78, 5) is 31.7. The highest BCUT2D eigenvalue weighted by atomic mass is 32.1. The Hall–Kier alpha value is -3.65. The van der Waals surface area contributed by atoms with Gasteiger partial charge in [0, 0.05) is 17.1 Å². The van der Waals surface area contributed by atoms with E-state index in [1.165, 1.54) is 16.2 Å². The molecule has 0 saturated carbocycles. The van der Waals surface area contributed by atoms with Crippen LogP contribution in [0.3, 0.4) is 0 Å². The molecule has 1 saturated heterocycles. The largest absolute Gasteiger partial charge is 0.507 e. The van der Waals surface area contributed by atoms with Gasteiger partial charge < -0.3 is 14.6 Å². The van der Waals surface area contributed by atoms with Crippen molar-refractivity contribution in [2.24, 2.45) is 0 Å². The quantitative estimate of drug-likeness (QED) is 0.322. The van der Waals surface area contributed by atoms with E-state index in [2.05, 4.69) is 4.98 Å². The number of thiazole rings is 1. The molecule has 2 aromatic carbocycles. The number of ether oxygens (including phenoxy) is 2. The first-order valence-electron chi connectivity index (χ1n) is 10.2. The average Bonchev–Trinajstić information content (AvgIpc) is 3.42. The lowest BCUT2D eigenvalue weighted by molar-refractivity contribution is -0.132. The number of hydrogen-bond donors (Lipinski definition) is 1. The van der Waals surface area contributed by atoms with Gasteiger partial charge in [-0.25, -0.2) is 4.98 Å². The fourth-order valence-electron chi connectivity index (χ4n) is 3.67. The fourth-order valence-corrected chi connectivity index (χ4v) is 4.34. The molecule has 1 N–H and O–H groups in total. The Balaban J connectivity index is 1.92. The lowest BCUT2D eigenvalue weighted by Gasteiger charge is -2.24. The summed E-state index contributed by atoms with van der Waals surface area (Å²) in [7, 11) is 0. The predicted octanol–water partition coefficient (Wildman–Crippen LogP) is 4.57. The topological polar surface area (TPSA) is 89.0 Å². The summed E-state index contributed by atoms with van der Waals surface area (Å²) in [6.45, 7) is 4.62. The van der Waals surface area contributed by atoms with E-state index in [4.69, 9.17) is 9.47 Å². The van der Waals surface area contributed by atoms with Crippen molar-refractivity contribution in [2.45, 2.75) is 19.9 Å². The maximum atomic E-state index is 13.1. The van der Waals surface area contributed by atoms with E-state index in [-0.39, 0.29) is 11.3 Å². The Morgan fingerprint density at radius 3 is 2.44 bits per heavy atom. The van der Waals surface area contributed by atoms with E-state index in [0.29, 0.717) is 41.0 Å². The third kappa shape index (κ3) is 3.85. The zero-order valence-corrected chi connectivity index (χ0v) is 18.5. The second-order valence-corrected chi connectivity index (χ2v) is 7.80. The van der Waals surface area contributed by atoms with Crippen molar-refractivity contribution in [3.8, 4) is 11.5 Å². The number of aliphatic hydroxyl groups is 1. The van der Waals surface area contributed by atoms with Crippen LogP contribution in [0.2, 0.25) is 0 Å². The SMILES string of the molecule is CCOc1ccc(C2C(=C(O)c3ccccc3)C(=O)C(=O)N2c2nccs2)cc1OCC. The van der Waals surface area contributed by atoms with Gasteiger partial charge in [-0.2, -0.15) is 0 Å². The average molecular weight is 451 g/mol. The molecule has 1 aliphatic rings. The van der Waals surface area contributed by atoms with Gasteiger partial charge in [-0.1, -0.05) is 36.4 Å². The summed E-state index contributed by atoms with van der Waals surface area (Å²) in [5.41, 5.74) is 1.05. The van der Waals surface area contributed by atoms with E-state index < -0.39 is 17.7 Å². The zero-order valence-electron chi connectivity index (χ0n) is 17.6. The van der Waals surface area contributed by atoms with Crippen LogP contribution < -0.4 is 14.4 Å². The van der Waals surface area contributed by atoms with Gasteiger partial charge in [-0.3, -0.25) is 14.5 Å². The summed E-state index contributed by atoms with van der Waals surface area (Å²) in [5.74, 6) is -0.684. The molecular formula is C24H22N2O5S. The number of amides is 1. The molecule has 32 heavy (non-hydrogen) atoms. The summed E-state index contributed by atoms with van der Waals surface area (Å²) in [6, 6.07) is 13.1. The van der Waals surface area contributed by atoms with Crippen molar-refractivity contribution in [3.63, 3.8) is 0 Å². The number of rotatable bonds is 7. The minimum absolute atomic E-state index is 0.00279. The third-order valence-corrected chi connectivity index (χ3v) is 5.77. The number of nitrogens with zero attached hydrogens (tertiary/aromatic N) is 2. The van der Waals surface area contributed by atoms with Crippen LogP contribution in [-0.2, 0) is 9.59 Å². The highest BCUT2D eigenvalue weighted by molar-refractivity contribution is 7.14. The van der Waals surface area contributed by atoms with Gasteiger partial charge in [0.05, 0.1) is 24.8 Å². The zero-order chi connectivity index (χ0) is 22.7. The van der Waals surface area contributed by atoms with E-state index in [9.17, 15) is 14.7 Å². The van der Waals surface area contributed by atoms with Gasteiger partial charge >= 0.3 is 5.91 Å².